The van der Waals surface area contributed by atoms with Gasteiger partial charge in [0, 0.05) is 6.42 Å². The number of unbranched alkanes of at least 4 members (excludes halogenated alkanes) is 4. The Morgan fingerprint density at radius 2 is 1.34 bits per heavy atom. The molecule has 0 bridgehead atoms. The number of carbonyl (C=O) groups excluding carboxylic acids is 1. The summed E-state index contributed by atoms with van der Waals surface area (Å²) >= 11 is 0. The second-order valence-corrected chi connectivity index (χ2v) is 7.07. The van der Waals surface area contributed by atoms with Crippen molar-refractivity contribution in [1.82, 2.24) is 0 Å². The van der Waals surface area contributed by atoms with Gasteiger partial charge in [0.25, 0.3) is 0 Å². The molecule has 4 heteroatoms. The average molecular weight is 405 g/mol. The van der Waals surface area contributed by atoms with Gasteiger partial charge in [0.05, 0.1) is 6.42 Å². The summed E-state index contributed by atoms with van der Waals surface area (Å²) in [4.78, 5) is 22.4. The molecule has 0 spiro atoms. The maximum Gasteiger partial charge on any atom is 0.307 e. The molecule has 0 aromatic carbocycles. The minimum Gasteiger partial charge on any atom is -0.481 e. The molecule has 0 heterocycles. The van der Waals surface area contributed by atoms with Crippen LogP contribution in [0.1, 0.15) is 90.9 Å². The van der Waals surface area contributed by atoms with E-state index in [4.69, 9.17) is 9.84 Å². The smallest absolute Gasteiger partial charge is 0.307 e. The number of aliphatic carboxylic acids is 1. The fourth-order valence-electron chi connectivity index (χ4n) is 2.69. The van der Waals surface area contributed by atoms with Crippen LogP contribution in [0.15, 0.2) is 48.6 Å². The Hall–Kier alpha value is -2.10. The molecule has 164 valence electrons. The number of rotatable bonds is 18. The Morgan fingerprint density at radius 3 is 1.90 bits per heavy atom. The van der Waals surface area contributed by atoms with E-state index in [2.05, 4.69) is 55.5 Å². The Morgan fingerprint density at radius 1 is 0.793 bits per heavy atom. The second kappa shape index (κ2) is 20.6. The maximum atomic E-state index is 11.7. The predicted molar refractivity (Wildman–Crippen MR) is 121 cm³/mol. The van der Waals surface area contributed by atoms with Crippen LogP contribution >= 0.6 is 0 Å². The van der Waals surface area contributed by atoms with Crippen LogP contribution in [0.2, 0.25) is 0 Å². The van der Waals surface area contributed by atoms with Crippen molar-refractivity contribution in [1.29, 1.82) is 0 Å². The number of carboxylic acids is 1. The second-order valence-electron chi connectivity index (χ2n) is 7.07. The highest BCUT2D eigenvalue weighted by Crippen LogP contribution is 2.10. The number of ether oxygens (including phenoxy) is 1. The minimum atomic E-state index is -0.930. The topological polar surface area (TPSA) is 63.6 Å². The van der Waals surface area contributed by atoms with Crippen molar-refractivity contribution in [3.63, 3.8) is 0 Å². The van der Waals surface area contributed by atoms with Crippen LogP contribution in [-0.2, 0) is 14.3 Å². The van der Waals surface area contributed by atoms with Crippen LogP contribution in [0.25, 0.3) is 0 Å². The number of hydrogen-bond donors (Lipinski definition) is 1. The first-order valence-corrected chi connectivity index (χ1v) is 11.1. The molecule has 1 N–H and O–H groups in total. The third-order valence-electron chi connectivity index (χ3n) is 4.38. The summed E-state index contributed by atoms with van der Waals surface area (Å²) < 4.78 is 5.19. The van der Waals surface area contributed by atoms with E-state index >= 15 is 0 Å². The lowest BCUT2D eigenvalue weighted by Gasteiger charge is -2.13. The van der Waals surface area contributed by atoms with Gasteiger partial charge in [-0.3, -0.25) is 9.59 Å². The van der Waals surface area contributed by atoms with Gasteiger partial charge in [0.15, 0.2) is 0 Å². The van der Waals surface area contributed by atoms with Crippen molar-refractivity contribution in [2.75, 3.05) is 0 Å². The van der Waals surface area contributed by atoms with E-state index in [-0.39, 0.29) is 12.4 Å². The van der Waals surface area contributed by atoms with Gasteiger partial charge in [-0.1, -0.05) is 75.3 Å². The first kappa shape index (κ1) is 26.9. The standard InChI is InChI=1S/C25H40O4/c1-3-5-6-7-8-9-10-11-12-13-14-15-16-17-18-19-20-21-25(28)29-23(4-2)22-24(26)27/h5-6,8-9,11-12,14-15,23H,3-4,7,10,13,16-22H2,1-2H3,(H,26,27)/b6-5-,9-8-,12-11-,15-14-. The van der Waals surface area contributed by atoms with Gasteiger partial charge in [-0.2, -0.15) is 0 Å². The first-order valence-electron chi connectivity index (χ1n) is 11.1. The summed E-state index contributed by atoms with van der Waals surface area (Å²) in [5, 5.41) is 8.75. The summed E-state index contributed by atoms with van der Waals surface area (Å²) in [6, 6.07) is 0. The van der Waals surface area contributed by atoms with Crippen LogP contribution in [0, 0.1) is 0 Å². The zero-order valence-electron chi connectivity index (χ0n) is 18.4. The largest absolute Gasteiger partial charge is 0.481 e. The van der Waals surface area contributed by atoms with Crippen molar-refractivity contribution < 1.29 is 19.4 Å². The van der Waals surface area contributed by atoms with Gasteiger partial charge in [0.1, 0.15) is 6.10 Å². The van der Waals surface area contributed by atoms with E-state index in [1.54, 1.807) is 0 Å². The third-order valence-corrected chi connectivity index (χ3v) is 4.38. The van der Waals surface area contributed by atoms with Crippen LogP contribution in [0.5, 0.6) is 0 Å². The number of carbonyl (C=O) groups is 2. The number of esters is 1. The number of hydrogen-bond acceptors (Lipinski definition) is 3. The van der Waals surface area contributed by atoms with Crippen molar-refractivity contribution in [3.05, 3.63) is 48.6 Å². The molecule has 0 aliphatic rings. The SMILES string of the molecule is CC/C=C\C/C=C\C/C=C\C/C=C\CCCCCCC(=O)OC(CC)CC(=O)O. The highest BCUT2D eigenvalue weighted by Gasteiger charge is 2.15. The molecule has 0 aliphatic carbocycles. The van der Waals surface area contributed by atoms with Crippen LogP contribution < -0.4 is 0 Å². The molecule has 0 rings (SSSR count). The van der Waals surface area contributed by atoms with E-state index < -0.39 is 12.1 Å². The molecule has 1 atom stereocenters. The lowest BCUT2D eigenvalue weighted by Crippen LogP contribution is -2.20. The molecule has 0 fully saturated rings. The molecule has 0 aromatic rings. The van der Waals surface area contributed by atoms with E-state index in [9.17, 15) is 9.59 Å². The molecule has 0 amide bonds. The van der Waals surface area contributed by atoms with Crippen molar-refractivity contribution in [2.45, 2.75) is 97.0 Å². The minimum absolute atomic E-state index is 0.114. The normalized spacial score (nSPS) is 13.2. The lowest BCUT2D eigenvalue weighted by atomic mass is 10.1. The zero-order chi connectivity index (χ0) is 21.6. The van der Waals surface area contributed by atoms with Gasteiger partial charge in [0.2, 0.25) is 0 Å². The summed E-state index contributed by atoms with van der Waals surface area (Å²) in [5.41, 5.74) is 0. The van der Waals surface area contributed by atoms with Crippen molar-refractivity contribution in [3.8, 4) is 0 Å². The van der Waals surface area contributed by atoms with Crippen molar-refractivity contribution in [2.24, 2.45) is 0 Å². The summed E-state index contributed by atoms with van der Waals surface area (Å²) in [5.74, 6) is -1.21. The zero-order valence-corrected chi connectivity index (χ0v) is 18.4. The van der Waals surface area contributed by atoms with Gasteiger partial charge < -0.3 is 9.84 Å². The van der Waals surface area contributed by atoms with Gasteiger partial charge >= 0.3 is 11.9 Å². The number of allylic oxidation sites excluding steroid dienone is 8. The summed E-state index contributed by atoms with van der Waals surface area (Å²) in [6.07, 6.45) is 27.1. The molecule has 4 nitrogen and oxygen atoms in total. The number of carboxylic acid groups (broad SMARTS) is 1. The van der Waals surface area contributed by atoms with Crippen LogP contribution in [-0.4, -0.2) is 23.1 Å². The molecule has 0 aliphatic heterocycles. The average Bonchev–Trinajstić information content (AvgIpc) is 2.69. The van der Waals surface area contributed by atoms with Gasteiger partial charge in [-0.15, -0.1) is 0 Å². The van der Waals surface area contributed by atoms with Gasteiger partial charge in [-0.25, -0.2) is 0 Å². The fraction of sp³-hybridized carbons (Fsp3) is 0.600. The molecule has 0 radical (unpaired) electrons. The monoisotopic (exact) mass is 404 g/mol. The quantitative estimate of drug-likeness (QED) is 0.153. The van der Waals surface area contributed by atoms with Crippen molar-refractivity contribution >= 4 is 11.9 Å². The maximum absolute atomic E-state index is 11.7. The first-order chi connectivity index (χ1) is 14.1. The Bertz CT molecular complexity index is 529. The molecular formula is C25H40O4. The molecule has 1 unspecified atom stereocenters. The Balaban J connectivity index is 3.55. The highest BCUT2D eigenvalue weighted by atomic mass is 16.5. The fourth-order valence-corrected chi connectivity index (χ4v) is 2.69. The molecular weight excluding hydrogens is 364 g/mol. The molecule has 0 saturated heterocycles. The van der Waals surface area contributed by atoms with E-state index in [1.165, 1.54) is 0 Å². The van der Waals surface area contributed by atoms with Crippen LogP contribution in [0.3, 0.4) is 0 Å². The Labute approximate surface area is 177 Å². The summed E-state index contributed by atoms with van der Waals surface area (Å²) in [7, 11) is 0. The van der Waals surface area contributed by atoms with Crippen LogP contribution in [0.4, 0.5) is 0 Å². The van der Waals surface area contributed by atoms with E-state index in [0.29, 0.717) is 12.8 Å². The Kier molecular flexibility index (Phi) is 19.1. The lowest BCUT2D eigenvalue weighted by molar-refractivity contribution is -0.153. The summed E-state index contributed by atoms with van der Waals surface area (Å²) in [6.45, 7) is 3.97. The predicted octanol–water partition coefficient (Wildman–Crippen LogP) is 6.93. The molecule has 29 heavy (non-hydrogen) atoms. The van der Waals surface area contributed by atoms with Gasteiger partial charge in [-0.05, 0) is 51.4 Å². The molecule has 0 saturated carbocycles. The molecule has 0 aromatic heterocycles. The highest BCUT2D eigenvalue weighted by molar-refractivity contribution is 5.71. The van der Waals surface area contributed by atoms with E-state index in [0.717, 1.165) is 57.8 Å². The van der Waals surface area contributed by atoms with E-state index in [1.807, 2.05) is 6.92 Å². The third kappa shape index (κ3) is 20.4.